The number of H-pyrrole nitrogens is 1. The van der Waals surface area contributed by atoms with Gasteiger partial charge in [-0.15, -0.1) is 0 Å². The molecule has 6 heteroatoms. The van der Waals surface area contributed by atoms with Gasteiger partial charge in [-0.2, -0.15) is 0 Å². The topological polar surface area (TPSA) is 75.3 Å². The Morgan fingerprint density at radius 3 is 2.91 bits per heavy atom. The molecule has 0 spiro atoms. The third-order valence-electron chi connectivity index (χ3n) is 3.65. The standard InChI is InChI=1S/C16H17N3O3/c1-11-17-14-7-8-19(9-13(14)15(20)18-11)16(21)22-10-12-5-3-2-4-6-12/h2-6H,7-10H2,1H3,(H,17,18,20). The van der Waals surface area contributed by atoms with Crippen LogP contribution in [-0.2, 0) is 24.3 Å². The molecule has 0 saturated heterocycles. The van der Waals surface area contributed by atoms with E-state index < -0.39 is 6.09 Å². The zero-order valence-corrected chi connectivity index (χ0v) is 12.3. The van der Waals surface area contributed by atoms with Gasteiger partial charge in [-0.3, -0.25) is 4.79 Å². The van der Waals surface area contributed by atoms with Gasteiger partial charge in [0.25, 0.3) is 5.56 Å². The lowest BCUT2D eigenvalue weighted by Gasteiger charge is -2.27. The summed E-state index contributed by atoms with van der Waals surface area (Å²) in [6.07, 6.45) is 0.162. The van der Waals surface area contributed by atoms with Crippen LogP contribution in [0.1, 0.15) is 22.6 Å². The van der Waals surface area contributed by atoms with Crippen LogP contribution in [-0.4, -0.2) is 27.5 Å². The maximum atomic E-state index is 12.1. The summed E-state index contributed by atoms with van der Waals surface area (Å²) in [4.78, 5) is 32.6. The average molecular weight is 299 g/mol. The first-order valence-corrected chi connectivity index (χ1v) is 7.18. The summed E-state index contributed by atoms with van der Waals surface area (Å²) in [5, 5.41) is 0. The van der Waals surface area contributed by atoms with Gasteiger partial charge in [-0.1, -0.05) is 30.3 Å². The van der Waals surface area contributed by atoms with Crippen molar-refractivity contribution in [3.8, 4) is 0 Å². The van der Waals surface area contributed by atoms with Crippen LogP contribution in [0.25, 0.3) is 0 Å². The summed E-state index contributed by atoms with van der Waals surface area (Å²) < 4.78 is 5.30. The van der Waals surface area contributed by atoms with E-state index in [4.69, 9.17) is 4.74 Å². The van der Waals surface area contributed by atoms with Crippen LogP contribution in [0.4, 0.5) is 4.79 Å². The van der Waals surface area contributed by atoms with Crippen molar-refractivity contribution >= 4 is 6.09 Å². The molecule has 1 aromatic carbocycles. The van der Waals surface area contributed by atoms with Crippen LogP contribution in [0.5, 0.6) is 0 Å². The minimum absolute atomic E-state index is 0.178. The van der Waals surface area contributed by atoms with Crippen molar-refractivity contribution in [2.45, 2.75) is 26.5 Å². The Kier molecular flexibility index (Phi) is 3.91. The largest absolute Gasteiger partial charge is 0.445 e. The summed E-state index contributed by atoms with van der Waals surface area (Å²) in [7, 11) is 0. The molecule has 1 aromatic heterocycles. The van der Waals surface area contributed by atoms with Crippen LogP contribution in [0.3, 0.4) is 0 Å². The number of aryl methyl sites for hydroxylation is 1. The van der Waals surface area contributed by atoms with E-state index in [1.807, 2.05) is 30.3 Å². The molecule has 114 valence electrons. The molecule has 0 fully saturated rings. The number of ether oxygens (including phenoxy) is 1. The van der Waals surface area contributed by atoms with Crippen molar-refractivity contribution in [3.05, 3.63) is 63.3 Å². The van der Waals surface area contributed by atoms with E-state index in [1.165, 1.54) is 4.90 Å². The number of rotatable bonds is 2. The highest BCUT2D eigenvalue weighted by Gasteiger charge is 2.25. The Morgan fingerprint density at radius 1 is 1.36 bits per heavy atom. The summed E-state index contributed by atoms with van der Waals surface area (Å²) in [6, 6.07) is 9.50. The third-order valence-corrected chi connectivity index (χ3v) is 3.65. The smallest absolute Gasteiger partial charge is 0.410 e. The lowest BCUT2D eigenvalue weighted by molar-refractivity contribution is 0.0914. The highest BCUT2D eigenvalue weighted by molar-refractivity contribution is 5.68. The molecule has 1 aliphatic heterocycles. The number of carbonyl (C=O) groups excluding carboxylic acids is 1. The lowest BCUT2D eigenvalue weighted by atomic mass is 10.1. The molecule has 1 N–H and O–H groups in total. The van der Waals surface area contributed by atoms with E-state index in [1.54, 1.807) is 6.92 Å². The normalized spacial score (nSPS) is 13.6. The van der Waals surface area contributed by atoms with Gasteiger partial charge < -0.3 is 14.6 Å². The quantitative estimate of drug-likeness (QED) is 0.917. The second kappa shape index (κ2) is 6.01. The van der Waals surface area contributed by atoms with E-state index in [-0.39, 0.29) is 18.7 Å². The minimum atomic E-state index is -0.408. The van der Waals surface area contributed by atoms with Crippen LogP contribution < -0.4 is 5.56 Å². The van der Waals surface area contributed by atoms with Gasteiger partial charge in [0.1, 0.15) is 12.4 Å². The molecule has 2 heterocycles. The number of hydrogen-bond donors (Lipinski definition) is 1. The van der Waals surface area contributed by atoms with Crippen molar-refractivity contribution < 1.29 is 9.53 Å². The lowest BCUT2D eigenvalue weighted by Crippen LogP contribution is -2.39. The zero-order valence-electron chi connectivity index (χ0n) is 12.3. The molecule has 0 radical (unpaired) electrons. The van der Waals surface area contributed by atoms with Gasteiger partial charge in [0.2, 0.25) is 0 Å². The first-order chi connectivity index (χ1) is 10.6. The molecule has 1 aliphatic rings. The highest BCUT2D eigenvalue weighted by Crippen LogP contribution is 2.15. The van der Waals surface area contributed by atoms with E-state index in [9.17, 15) is 9.59 Å². The predicted octanol–water partition coefficient (Wildman–Crippen LogP) is 1.77. The second-order valence-corrected chi connectivity index (χ2v) is 5.29. The van der Waals surface area contributed by atoms with Gasteiger partial charge in [0.05, 0.1) is 17.8 Å². The van der Waals surface area contributed by atoms with Crippen molar-refractivity contribution in [2.24, 2.45) is 0 Å². The fourth-order valence-electron chi connectivity index (χ4n) is 2.52. The van der Waals surface area contributed by atoms with E-state index in [0.29, 0.717) is 24.4 Å². The molecule has 0 unspecified atom stereocenters. The maximum absolute atomic E-state index is 12.1. The number of nitrogens with one attached hydrogen (secondary N) is 1. The highest BCUT2D eigenvalue weighted by atomic mass is 16.6. The monoisotopic (exact) mass is 299 g/mol. The van der Waals surface area contributed by atoms with Gasteiger partial charge in [-0.25, -0.2) is 9.78 Å². The number of nitrogens with zero attached hydrogens (tertiary/aromatic N) is 2. The first kappa shape index (κ1) is 14.3. The number of fused-ring (bicyclic) bond motifs is 1. The van der Waals surface area contributed by atoms with Gasteiger partial charge >= 0.3 is 6.09 Å². The summed E-state index contributed by atoms with van der Waals surface area (Å²) in [5.41, 5.74) is 2.08. The molecule has 22 heavy (non-hydrogen) atoms. The Balaban J connectivity index is 1.67. The molecule has 0 atom stereocenters. The summed E-state index contributed by atoms with van der Waals surface area (Å²) in [6.45, 7) is 2.73. The number of benzene rings is 1. The van der Waals surface area contributed by atoms with E-state index in [2.05, 4.69) is 9.97 Å². The van der Waals surface area contributed by atoms with Crippen molar-refractivity contribution in [3.63, 3.8) is 0 Å². The molecule has 1 amide bonds. The van der Waals surface area contributed by atoms with E-state index >= 15 is 0 Å². The SMILES string of the molecule is Cc1nc2c(c(=O)[nH]1)CN(C(=O)OCc1ccccc1)CC2. The minimum Gasteiger partial charge on any atom is -0.445 e. The van der Waals surface area contributed by atoms with Crippen LogP contribution in [0.2, 0.25) is 0 Å². The van der Waals surface area contributed by atoms with Crippen molar-refractivity contribution in [1.29, 1.82) is 0 Å². The molecule has 6 nitrogen and oxygen atoms in total. The molecular formula is C16H17N3O3. The molecule has 3 rings (SSSR count). The third kappa shape index (κ3) is 3.00. The Labute approximate surface area is 127 Å². The van der Waals surface area contributed by atoms with Gasteiger partial charge in [-0.05, 0) is 12.5 Å². The van der Waals surface area contributed by atoms with Gasteiger partial charge in [0, 0.05) is 13.0 Å². The molecule has 0 bridgehead atoms. The fraction of sp³-hybridized carbons (Fsp3) is 0.312. The predicted molar refractivity (Wildman–Crippen MR) is 80.3 cm³/mol. The van der Waals surface area contributed by atoms with Gasteiger partial charge in [0.15, 0.2) is 0 Å². The Morgan fingerprint density at radius 2 is 2.14 bits per heavy atom. The van der Waals surface area contributed by atoms with Crippen LogP contribution in [0.15, 0.2) is 35.1 Å². The molecular weight excluding hydrogens is 282 g/mol. The van der Waals surface area contributed by atoms with Crippen LogP contribution >= 0.6 is 0 Å². The summed E-state index contributed by atoms with van der Waals surface area (Å²) >= 11 is 0. The molecule has 2 aromatic rings. The van der Waals surface area contributed by atoms with Crippen molar-refractivity contribution in [2.75, 3.05) is 6.54 Å². The number of carbonyl (C=O) groups is 1. The number of hydrogen-bond acceptors (Lipinski definition) is 4. The average Bonchev–Trinajstić information content (AvgIpc) is 2.53. The first-order valence-electron chi connectivity index (χ1n) is 7.18. The second-order valence-electron chi connectivity index (χ2n) is 5.29. The zero-order chi connectivity index (χ0) is 15.5. The number of aromatic amines is 1. The van der Waals surface area contributed by atoms with Crippen LogP contribution in [0, 0.1) is 6.92 Å². The summed E-state index contributed by atoms with van der Waals surface area (Å²) in [5.74, 6) is 0.601. The maximum Gasteiger partial charge on any atom is 0.410 e. The Hall–Kier alpha value is -2.63. The molecule has 0 aliphatic carbocycles. The fourth-order valence-corrected chi connectivity index (χ4v) is 2.52. The number of aromatic nitrogens is 2. The number of amides is 1. The van der Waals surface area contributed by atoms with E-state index in [0.717, 1.165) is 11.3 Å². The molecule has 0 saturated carbocycles. The van der Waals surface area contributed by atoms with Crippen molar-refractivity contribution in [1.82, 2.24) is 14.9 Å². The Bertz CT molecular complexity index is 740.